The number of sulfonamides is 1. The Kier molecular flexibility index (Phi) is 5.15. The molecule has 0 atom stereocenters. The molecule has 0 saturated carbocycles. The molecule has 1 N–H and O–H groups in total. The molecule has 3 heterocycles. The Balaban J connectivity index is 1.62. The quantitative estimate of drug-likeness (QED) is 0.679. The number of aromatic amines is 1. The number of H-pyrrole nitrogens is 1. The second-order valence-electron chi connectivity index (χ2n) is 8.41. The van der Waals surface area contributed by atoms with E-state index < -0.39 is 10.0 Å². The van der Waals surface area contributed by atoms with Gasteiger partial charge in [0.1, 0.15) is 5.39 Å². The van der Waals surface area contributed by atoms with Gasteiger partial charge in [0.15, 0.2) is 5.65 Å². The fourth-order valence-corrected chi connectivity index (χ4v) is 5.13. The Morgan fingerprint density at radius 2 is 1.77 bits per heavy atom. The topological polar surface area (TPSA) is 104 Å². The third kappa shape index (κ3) is 3.72. The second-order valence-corrected chi connectivity index (χ2v) is 10.3. The third-order valence-electron chi connectivity index (χ3n) is 5.20. The molecule has 1 aromatic carbocycles. The molecule has 0 unspecified atom stereocenters. The Morgan fingerprint density at radius 1 is 1.03 bits per heavy atom. The number of anilines is 1. The zero-order valence-electron chi connectivity index (χ0n) is 17.4. The summed E-state index contributed by atoms with van der Waals surface area (Å²) < 4.78 is 29.1. The SMILES string of the molecule is CC(C)(C)n1ncc2c(=O)[nH]c(N3CCCN(S(=O)(=O)c4ccccc4)CC3)nc21. The van der Waals surface area contributed by atoms with Crippen LogP contribution in [0.1, 0.15) is 27.2 Å². The Bertz CT molecular complexity index is 1210. The monoisotopic (exact) mass is 430 g/mol. The van der Waals surface area contributed by atoms with Crippen molar-refractivity contribution in [2.45, 2.75) is 37.6 Å². The average molecular weight is 431 g/mol. The van der Waals surface area contributed by atoms with Gasteiger partial charge in [0.2, 0.25) is 16.0 Å². The minimum Gasteiger partial charge on any atom is -0.341 e. The van der Waals surface area contributed by atoms with Gasteiger partial charge in [-0.25, -0.2) is 13.1 Å². The second kappa shape index (κ2) is 7.51. The molecule has 1 fully saturated rings. The van der Waals surface area contributed by atoms with E-state index in [1.165, 1.54) is 10.5 Å². The number of hydrogen-bond acceptors (Lipinski definition) is 6. The standard InChI is InChI=1S/C20H26N6O3S/c1-20(2,3)26-17-16(14-21-26)18(27)23-19(22-17)24-10-7-11-25(13-12-24)30(28,29)15-8-5-4-6-9-15/h4-6,8-9,14H,7,10-13H2,1-3H3,(H,22,23,27). The number of nitrogens with zero attached hydrogens (tertiary/aromatic N) is 5. The van der Waals surface area contributed by atoms with Gasteiger partial charge in [0.05, 0.1) is 16.6 Å². The van der Waals surface area contributed by atoms with Gasteiger partial charge in [0.25, 0.3) is 5.56 Å². The molecule has 4 rings (SSSR count). The van der Waals surface area contributed by atoms with E-state index >= 15 is 0 Å². The lowest BCUT2D eigenvalue weighted by Crippen LogP contribution is -2.36. The van der Waals surface area contributed by atoms with Crippen LogP contribution in [0.2, 0.25) is 0 Å². The smallest absolute Gasteiger partial charge is 0.263 e. The van der Waals surface area contributed by atoms with Crippen LogP contribution < -0.4 is 10.5 Å². The average Bonchev–Trinajstić information content (AvgIpc) is 2.99. The maximum atomic E-state index is 13.0. The van der Waals surface area contributed by atoms with E-state index in [9.17, 15) is 13.2 Å². The van der Waals surface area contributed by atoms with Gasteiger partial charge in [-0.3, -0.25) is 9.78 Å². The number of rotatable bonds is 3. The van der Waals surface area contributed by atoms with Crippen LogP contribution in [0.15, 0.2) is 46.2 Å². The molecule has 2 aromatic heterocycles. The molecule has 1 aliphatic rings. The summed E-state index contributed by atoms with van der Waals surface area (Å²) in [4.78, 5) is 22.3. The van der Waals surface area contributed by atoms with Gasteiger partial charge in [-0.1, -0.05) is 18.2 Å². The number of hydrogen-bond donors (Lipinski definition) is 1. The first kappa shape index (κ1) is 20.5. The fraction of sp³-hybridized carbons (Fsp3) is 0.450. The molecule has 160 valence electrons. The van der Waals surface area contributed by atoms with Crippen LogP contribution in [-0.4, -0.2) is 58.7 Å². The highest BCUT2D eigenvalue weighted by atomic mass is 32.2. The molecule has 3 aromatic rings. The first-order chi connectivity index (χ1) is 14.2. The lowest BCUT2D eigenvalue weighted by molar-refractivity contribution is 0.366. The summed E-state index contributed by atoms with van der Waals surface area (Å²) >= 11 is 0. The highest BCUT2D eigenvalue weighted by Crippen LogP contribution is 2.22. The molecule has 1 aliphatic heterocycles. The summed E-state index contributed by atoms with van der Waals surface area (Å²) in [7, 11) is -3.55. The van der Waals surface area contributed by atoms with Crippen LogP contribution in [0.5, 0.6) is 0 Å². The zero-order chi connectivity index (χ0) is 21.5. The van der Waals surface area contributed by atoms with Crippen LogP contribution in [0, 0.1) is 0 Å². The van der Waals surface area contributed by atoms with Crippen molar-refractivity contribution in [3.63, 3.8) is 0 Å². The van der Waals surface area contributed by atoms with E-state index in [2.05, 4.69) is 15.1 Å². The van der Waals surface area contributed by atoms with Crippen LogP contribution in [0.25, 0.3) is 11.0 Å². The van der Waals surface area contributed by atoms with Crippen LogP contribution >= 0.6 is 0 Å². The first-order valence-corrected chi connectivity index (χ1v) is 11.4. The summed E-state index contributed by atoms with van der Waals surface area (Å²) in [6, 6.07) is 8.46. The van der Waals surface area contributed by atoms with E-state index in [4.69, 9.17) is 0 Å². The summed E-state index contributed by atoms with van der Waals surface area (Å²) in [6.07, 6.45) is 2.17. The summed E-state index contributed by atoms with van der Waals surface area (Å²) in [5.41, 5.74) is -0.0399. The largest absolute Gasteiger partial charge is 0.341 e. The number of aromatic nitrogens is 4. The predicted octanol–water partition coefficient (Wildman–Crippen LogP) is 1.78. The Hall–Kier alpha value is -2.72. The molecule has 0 bridgehead atoms. The van der Waals surface area contributed by atoms with Gasteiger partial charge >= 0.3 is 0 Å². The Labute approximate surface area is 175 Å². The number of nitrogens with one attached hydrogen (secondary N) is 1. The maximum absolute atomic E-state index is 13.0. The first-order valence-electron chi connectivity index (χ1n) is 9.96. The number of fused-ring (bicyclic) bond motifs is 1. The van der Waals surface area contributed by atoms with Crippen molar-refractivity contribution in [2.24, 2.45) is 0 Å². The molecule has 10 heteroatoms. The molecule has 1 saturated heterocycles. The van der Waals surface area contributed by atoms with E-state index in [1.54, 1.807) is 35.0 Å². The van der Waals surface area contributed by atoms with Gasteiger partial charge in [-0.2, -0.15) is 14.4 Å². The molecule has 0 spiro atoms. The van der Waals surface area contributed by atoms with Crippen LogP contribution in [0.3, 0.4) is 0 Å². The van der Waals surface area contributed by atoms with Crippen molar-refractivity contribution >= 4 is 27.0 Å². The fourth-order valence-electron chi connectivity index (χ4n) is 3.64. The summed E-state index contributed by atoms with van der Waals surface area (Å²) in [5, 5.41) is 4.78. The lowest BCUT2D eigenvalue weighted by Gasteiger charge is -2.23. The number of benzene rings is 1. The van der Waals surface area contributed by atoms with E-state index in [0.29, 0.717) is 54.5 Å². The highest BCUT2D eigenvalue weighted by Gasteiger charge is 2.28. The third-order valence-corrected chi connectivity index (χ3v) is 7.11. The van der Waals surface area contributed by atoms with Crippen LogP contribution in [-0.2, 0) is 15.6 Å². The summed E-state index contributed by atoms with van der Waals surface area (Å²) in [5.74, 6) is 0.442. The van der Waals surface area contributed by atoms with E-state index in [-0.39, 0.29) is 11.1 Å². The molecule has 0 aliphatic carbocycles. The molecular weight excluding hydrogens is 404 g/mol. The van der Waals surface area contributed by atoms with Crippen molar-refractivity contribution < 1.29 is 8.42 Å². The normalized spacial score (nSPS) is 16.7. The highest BCUT2D eigenvalue weighted by molar-refractivity contribution is 7.89. The minimum absolute atomic E-state index is 0.247. The predicted molar refractivity (Wildman–Crippen MR) is 115 cm³/mol. The van der Waals surface area contributed by atoms with Gasteiger partial charge < -0.3 is 4.90 Å². The minimum atomic E-state index is -3.55. The van der Waals surface area contributed by atoms with Crippen molar-refractivity contribution in [3.8, 4) is 0 Å². The Morgan fingerprint density at radius 3 is 2.47 bits per heavy atom. The van der Waals surface area contributed by atoms with Gasteiger partial charge in [-0.15, -0.1) is 0 Å². The van der Waals surface area contributed by atoms with Crippen molar-refractivity contribution in [1.82, 2.24) is 24.1 Å². The van der Waals surface area contributed by atoms with Gasteiger partial charge in [0, 0.05) is 26.2 Å². The molecule has 30 heavy (non-hydrogen) atoms. The maximum Gasteiger partial charge on any atom is 0.263 e. The van der Waals surface area contributed by atoms with Crippen molar-refractivity contribution in [1.29, 1.82) is 0 Å². The molecular formula is C20H26N6O3S. The molecule has 9 nitrogen and oxygen atoms in total. The zero-order valence-corrected chi connectivity index (χ0v) is 18.2. The van der Waals surface area contributed by atoms with Crippen LogP contribution in [0.4, 0.5) is 5.95 Å². The van der Waals surface area contributed by atoms with E-state index in [0.717, 1.165) is 0 Å². The van der Waals surface area contributed by atoms with Crippen molar-refractivity contribution in [2.75, 3.05) is 31.1 Å². The molecule has 0 amide bonds. The van der Waals surface area contributed by atoms with Crippen molar-refractivity contribution in [3.05, 3.63) is 46.9 Å². The van der Waals surface area contributed by atoms with E-state index in [1.807, 2.05) is 25.7 Å². The summed E-state index contributed by atoms with van der Waals surface area (Å²) in [6.45, 7) is 7.77. The molecule has 0 radical (unpaired) electrons. The van der Waals surface area contributed by atoms with Gasteiger partial charge in [-0.05, 0) is 39.3 Å². The lowest BCUT2D eigenvalue weighted by atomic mass is 10.1.